The molecule has 1 aliphatic rings. The molecule has 1 saturated heterocycles. The van der Waals surface area contributed by atoms with Gasteiger partial charge in [-0.15, -0.1) is 0 Å². The summed E-state index contributed by atoms with van der Waals surface area (Å²) < 4.78 is 0. The number of nitrogens with two attached hydrogens (primary N) is 2. The minimum Gasteiger partial charge on any atom is -0.480 e. The van der Waals surface area contributed by atoms with E-state index in [4.69, 9.17) is 11.5 Å². The van der Waals surface area contributed by atoms with Gasteiger partial charge >= 0.3 is 5.97 Å². The highest BCUT2D eigenvalue weighted by Gasteiger charge is 2.42. The van der Waals surface area contributed by atoms with Crippen molar-refractivity contribution in [1.82, 2.24) is 42.1 Å². The number of aliphatic hydroxyl groups excluding tert-OH is 2. The summed E-state index contributed by atoms with van der Waals surface area (Å²) in [5.74, 6) is -9.58. The van der Waals surface area contributed by atoms with Crippen LogP contribution in [0.5, 0.6) is 0 Å². The van der Waals surface area contributed by atoms with Crippen molar-refractivity contribution in [3.05, 3.63) is 0 Å². The van der Waals surface area contributed by atoms with Crippen LogP contribution in [0.15, 0.2) is 0 Å². The minimum absolute atomic E-state index is 0.0184. The van der Waals surface area contributed by atoms with Gasteiger partial charge in [0.1, 0.15) is 48.3 Å². The zero-order valence-electron chi connectivity index (χ0n) is 37.5. The molecule has 0 aromatic carbocycles. The molecule has 26 heteroatoms. The molecule has 1 aliphatic heterocycles. The number of carbonyl (C=O) groups excluding carboxylic acids is 9. The topological polar surface area (TPSA) is 371 Å². The average Bonchev–Trinajstić information content (AvgIpc) is 3.73. The molecule has 65 heavy (non-hydrogen) atoms. The minimum atomic E-state index is -1.66. The number of carboxylic acid groups (broad SMARTS) is 1. The second kappa shape index (κ2) is 29.3. The summed E-state index contributed by atoms with van der Waals surface area (Å²) in [6.45, 7) is 7.37. The van der Waals surface area contributed by atoms with E-state index >= 15 is 0 Å². The van der Waals surface area contributed by atoms with Crippen molar-refractivity contribution >= 4 is 96.2 Å². The van der Waals surface area contributed by atoms with E-state index in [2.05, 4.69) is 62.5 Å². The van der Waals surface area contributed by atoms with Crippen LogP contribution in [0.2, 0.25) is 0 Å². The molecular weight excluding hydrogens is 913 g/mol. The lowest BCUT2D eigenvalue weighted by atomic mass is 10.0. The molecule has 0 aromatic rings. The molecule has 10 atom stereocenters. The predicted molar refractivity (Wildman–Crippen MR) is 246 cm³/mol. The van der Waals surface area contributed by atoms with Gasteiger partial charge in [0.15, 0.2) is 0 Å². The van der Waals surface area contributed by atoms with Crippen LogP contribution in [-0.4, -0.2) is 176 Å². The number of likely N-dealkylation sites (tertiary alicyclic amines) is 1. The van der Waals surface area contributed by atoms with Crippen molar-refractivity contribution in [1.29, 1.82) is 0 Å². The lowest BCUT2D eigenvalue weighted by Crippen LogP contribution is -2.62. The highest BCUT2D eigenvalue weighted by Crippen LogP contribution is 2.20. The Balaban J connectivity index is 3.32. The maximum Gasteiger partial charge on any atom is 0.327 e. The number of hydrogen-bond acceptors (Lipinski definition) is 16. The molecule has 1 fully saturated rings. The molecule has 0 unspecified atom stereocenters. The number of rotatable bonds is 29. The summed E-state index contributed by atoms with van der Waals surface area (Å²) >= 11 is 9.26. The van der Waals surface area contributed by atoms with Gasteiger partial charge < -0.3 is 68.9 Å². The fraction of sp³-hybridized carbons (Fsp3) is 0.744. The number of nitrogens with zero attached hydrogens (tertiary/aromatic N) is 1. The standard InChI is InChI=1S/C39H68N10O13S3/c1-18(2)12-23(33(55)42-22(9-11-65-6)32(54)43-24(13-19(3)4)34(56)47-27(17-64)39(61)62)44-35(57)25(14-29(41)52)45-37(59)28-8-7-10-49(28)38(60)30(20(5)51)48-36(58)26(15-50)46-31(53)21(40)16-63/h18-28,30,50-51,63-64H,7-17,40H2,1-6H3,(H2,41,52)(H,42,55)(H,43,54)(H,44,57)(H,45,59)(H,46,53)(H,47,56)(H,48,58)(H,61,62)/t20-,21+,22+,23+,24+,25+,26+,27+,28+,30+/m1/s1. The summed E-state index contributed by atoms with van der Waals surface area (Å²) in [5, 5.41) is 46.8. The number of amides is 9. The first-order valence-corrected chi connectivity index (χ1v) is 23.8. The van der Waals surface area contributed by atoms with Gasteiger partial charge in [0.2, 0.25) is 53.2 Å². The SMILES string of the molecule is CSCC[C@H](NC(=O)[C@H](CC(C)C)NC(=O)[C@H](CC(N)=O)NC(=O)[C@@H]1CCCN1C(=O)[C@@H](NC(=O)[C@H](CO)NC(=O)[C@@H](N)CS)[C@@H](C)O)C(=O)N[C@@H](CC(C)C)C(=O)N[C@@H](CS)C(=O)O. The van der Waals surface area contributed by atoms with E-state index in [0.29, 0.717) is 5.75 Å². The van der Waals surface area contributed by atoms with Crippen molar-refractivity contribution in [3.63, 3.8) is 0 Å². The Hall–Kier alpha value is -4.37. The molecule has 0 aromatic heterocycles. The Bertz CT molecular complexity index is 1680. The lowest BCUT2D eigenvalue weighted by Gasteiger charge is -2.31. The number of hydrogen-bond donors (Lipinski definition) is 14. The second-order valence-corrected chi connectivity index (χ2v) is 18.2. The van der Waals surface area contributed by atoms with Crippen molar-refractivity contribution in [2.45, 2.75) is 134 Å². The first-order chi connectivity index (χ1) is 30.4. The summed E-state index contributed by atoms with van der Waals surface area (Å²) in [6.07, 6.45) is 0.0711. The molecule has 370 valence electrons. The molecule has 0 bridgehead atoms. The van der Waals surface area contributed by atoms with Crippen molar-refractivity contribution in [2.24, 2.45) is 23.3 Å². The number of carboxylic acids is 1. The number of primary amides is 1. The first kappa shape index (κ1) is 58.6. The molecule has 0 spiro atoms. The molecule has 1 rings (SSSR count). The van der Waals surface area contributed by atoms with E-state index in [1.807, 2.05) is 0 Å². The summed E-state index contributed by atoms with van der Waals surface area (Å²) in [5.41, 5.74) is 11.1. The second-order valence-electron chi connectivity index (χ2n) is 16.5. The van der Waals surface area contributed by atoms with E-state index in [1.165, 1.54) is 18.7 Å². The highest BCUT2D eigenvalue weighted by atomic mass is 32.2. The smallest absolute Gasteiger partial charge is 0.327 e. The molecule has 0 aliphatic carbocycles. The number of aliphatic carboxylic acids is 1. The number of thioether (sulfide) groups is 1. The van der Waals surface area contributed by atoms with Gasteiger partial charge in [0, 0.05) is 18.1 Å². The normalized spacial score (nSPS) is 17.8. The van der Waals surface area contributed by atoms with Crippen LogP contribution in [0.4, 0.5) is 0 Å². The van der Waals surface area contributed by atoms with Gasteiger partial charge in [-0.3, -0.25) is 43.2 Å². The Kier molecular flexibility index (Phi) is 26.4. The zero-order chi connectivity index (χ0) is 49.7. The van der Waals surface area contributed by atoms with Crippen molar-refractivity contribution < 1.29 is 63.3 Å². The van der Waals surface area contributed by atoms with Crippen LogP contribution >= 0.6 is 37.0 Å². The Morgan fingerprint density at radius 3 is 1.62 bits per heavy atom. The van der Waals surface area contributed by atoms with E-state index in [9.17, 15) is 63.3 Å². The molecule has 1 heterocycles. The van der Waals surface area contributed by atoms with Crippen molar-refractivity contribution in [2.75, 3.05) is 36.7 Å². The van der Waals surface area contributed by atoms with Crippen LogP contribution in [0, 0.1) is 11.8 Å². The monoisotopic (exact) mass is 980 g/mol. The molecule has 9 amide bonds. The summed E-state index contributed by atoms with van der Waals surface area (Å²) in [7, 11) is 0. The van der Waals surface area contributed by atoms with Crippen LogP contribution in [-0.2, 0) is 47.9 Å². The average molecular weight is 981 g/mol. The van der Waals surface area contributed by atoms with E-state index in [0.717, 1.165) is 4.90 Å². The third-order valence-electron chi connectivity index (χ3n) is 9.99. The number of nitrogens with one attached hydrogen (secondary N) is 7. The fourth-order valence-electron chi connectivity index (χ4n) is 6.54. The summed E-state index contributed by atoms with van der Waals surface area (Å²) in [6, 6.07) is -12.3. The lowest BCUT2D eigenvalue weighted by molar-refractivity contribution is -0.145. The molecule has 0 radical (unpaired) electrons. The summed E-state index contributed by atoms with van der Waals surface area (Å²) in [4.78, 5) is 132. The van der Waals surface area contributed by atoms with Gasteiger partial charge in [-0.1, -0.05) is 27.7 Å². The largest absolute Gasteiger partial charge is 0.480 e. The third kappa shape index (κ3) is 20.0. The maximum atomic E-state index is 13.9. The van der Waals surface area contributed by atoms with Gasteiger partial charge in [-0.2, -0.15) is 37.0 Å². The molecule has 0 saturated carbocycles. The number of thiol groups is 2. The predicted octanol–water partition coefficient (Wildman–Crippen LogP) is -4.26. The van der Waals surface area contributed by atoms with Crippen molar-refractivity contribution in [3.8, 4) is 0 Å². The van der Waals surface area contributed by atoms with Crippen LogP contribution < -0.4 is 48.7 Å². The van der Waals surface area contributed by atoms with Crippen LogP contribution in [0.1, 0.15) is 73.1 Å². The number of carbonyl (C=O) groups is 10. The van der Waals surface area contributed by atoms with Crippen LogP contribution in [0.3, 0.4) is 0 Å². The third-order valence-corrected chi connectivity index (χ3v) is 11.4. The van der Waals surface area contributed by atoms with E-state index in [1.54, 1.807) is 34.0 Å². The van der Waals surface area contributed by atoms with E-state index in [-0.39, 0.29) is 62.0 Å². The Morgan fingerprint density at radius 2 is 1.17 bits per heavy atom. The maximum absolute atomic E-state index is 13.9. The fourth-order valence-corrected chi connectivity index (χ4v) is 7.43. The van der Waals surface area contributed by atoms with Crippen LogP contribution in [0.25, 0.3) is 0 Å². The van der Waals surface area contributed by atoms with Gasteiger partial charge in [-0.25, -0.2) is 4.79 Å². The Labute approximate surface area is 393 Å². The first-order valence-electron chi connectivity index (χ1n) is 21.1. The molecule has 23 nitrogen and oxygen atoms in total. The van der Waals surface area contributed by atoms with Gasteiger partial charge in [0.25, 0.3) is 0 Å². The molecular formula is C39H68N10O13S3. The quantitative estimate of drug-likeness (QED) is 0.0316. The Morgan fingerprint density at radius 1 is 0.692 bits per heavy atom. The molecule has 14 N–H and O–H groups in total. The van der Waals surface area contributed by atoms with E-state index < -0.39 is 133 Å². The zero-order valence-corrected chi connectivity index (χ0v) is 40.1. The highest BCUT2D eigenvalue weighted by molar-refractivity contribution is 7.98. The number of aliphatic hydroxyl groups is 2. The van der Waals surface area contributed by atoms with Gasteiger partial charge in [0.05, 0.1) is 25.2 Å². The van der Waals surface area contributed by atoms with Gasteiger partial charge in [-0.05, 0) is 62.9 Å².